The largest absolute Gasteiger partial charge is 0.300 e. The number of nitrogens with one attached hydrogen (secondary N) is 1. The van der Waals surface area contributed by atoms with Crippen LogP contribution in [-0.4, -0.2) is 9.36 Å². The predicted molar refractivity (Wildman–Crippen MR) is 60.5 cm³/mol. The van der Waals surface area contributed by atoms with Gasteiger partial charge in [0.1, 0.15) is 18.2 Å². The van der Waals surface area contributed by atoms with Gasteiger partial charge in [-0.05, 0) is 30.1 Å². The molecule has 0 saturated carbocycles. The average Bonchev–Trinajstić information content (AvgIpc) is 2.81. The summed E-state index contributed by atoms with van der Waals surface area (Å²) in [6.07, 6.45) is 1.44. The number of benzene rings is 1. The van der Waals surface area contributed by atoms with Crippen molar-refractivity contribution in [3.63, 3.8) is 0 Å². The summed E-state index contributed by atoms with van der Waals surface area (Å²) in [6.45, 7) is 0. The molecule has 1 aromatic carbocycles. The summed E-state index contributed by atoms with van der Waals surface area (Å²) in [5.74, 6) is -0.511. The lowest BCUT2D eigenvalue weighted by Crippen LogP contribution is -1.88. The minimum Gasteiger partial charge on any atom is -0.300 e. The summed E-state index contributed by atoms with van der Waals surface area (Å²) in [4.78, 5) is 4.67. The average molecular weight is 252 g/mol. The summed E-state index contributed by atoms with van der Waals surface area (Å²) < 4.78 is 19.8. The van der Waals surface area contributed by atoms with Gasteiger partial charge in [0.05, 0.1) is 5.56 Å². The molecule has 0 aliphatic heterocycles. The normalized spacial score (nSPS) is 9.75. The zero-order valence-corrected chi connectivity index (χ0v) is 9.48. The van der Waals surface area contributed by atoms with Crippen molar-refractivity contribution in [2.75, 3.05) is 4.72 Å². The fraction of sp³-hybridized carbons (Fsp3) is 0. The summed E-state index contributed by atoms with van der Waals surface area (Å²) >= 11 is 2.48. The second-order valence-electron chi connectivity index (χ2n) is 2.70. The zero-order valence-electron chi connectivity index (χ0n) is 7.85. The highest BCUT2D eigenvalue weighted by Gasteiger charge is 2.04. The standard InChI is InChI=1S/C9H5FN4S2/c10-8-2-1-7(3-6(8)4-11)15-14-9-12-5-13-16-9/h1-3,5H,(H,12,13,14). The minimum absolute atomic E-state index is 0.0315. The third kappa shape index (κ3) is 2.48. The molecule has 0 fully saturated rings. The summed E-state index contributed by atoms with van der Waals surface area (Å²) in [5.41, 5.74) is 0.0315. The zero-order chi connectivity index (χ0) is 11.4. The van der Waals surface area contributed by atoms with E-state index in [0.717, 1.165) is 4.90 Å². The molecule has 0 radical (unpaired) electrons. The van der Waals surface area contributed by atoms with Crippen LogP contribution in [0.2, 0.25) is 0 Å². The second-order valence-corrected chi connectivity index (χ2v) is 4.36. The number of hydrogen-bond acceptors (Lipinski definition) is 6. The molecule has 16 heavy (non-hydrogen) atoms. The monoisotopic (exact) mass is 252 g/mol. The topological polar surface area (TPSA) is 61.6 Å². The van der Waals surface area contributed by atoms with Gasteiger partial charge >= 0.3 is 0 Å². The first-order valence-electron chi connectivity index (χ1n) is 4.19. The molecule has 4 nitrogen and oxygen atoms in total. The van der Waals surface area contributed by atoms with E-state index in [2.05, 4.69) is 14.1 Å². The lowest BCUT2D eigenvalue weighted by molar-refractivity contribution is 0.622. The van der Waals surface area contributed by atoms with Crippen LogP contribution < -0.4 is 4.72 Å². The first kappa shape index (κ1) is 10.9. The summed E-state index contributed by atoms with van der Waals surface area (Å²) in [7, 11) is 0. The van der Waals surface area contributed by atoms with Gasteiger partial charge in [0.15, 0.2) is 0 Å². The first-order valence-corrected chi connectivity index (χ1v) is 5.78. The highest BCUT2D eigenvalue weighted by Crippen LogP contribution is 2.23. The van der Waals surface area contributed by atoms with Gasteiger partial charge in [0, 0.05) is 16.4 Å². The number of aromatic nitrogens is 2. The maximum absolute atomic E-state index is 13.0. The van der Waals surface area contributed by atoms with E-state index in [1.165, 1.54) is 41.9 Å². The van der Waals surface area contributed by atoms with Crippen LogP contribution in [0.1, 0.15) is 5.56 Å². The van der Waals surface area contributed by atoms with Crippen molar-refractivity contribution in [1.29, 1.82) is 5.26 Å². The van der Waals surface area contributed by atoms with Crippen molar-refractivity contribution in [2.45, 2.75) is 4.90 Å². The Labute approximate surface area is 99.4 Å². The van der Waals surface area contributed by atoms with Crippen molar-refractivity contribution >= 4 is 28.6 Å². The molecule has 7 heteroatoms. The number of halogens is 1. The highest BCUT2D eigenvalue weighted by atomic mass is 32.2. The Kier molecular flexibility index (Phi) is 3.34. The Morgan fingerprint density at radius 1 is 1.50 bits per heavy atom. The van der Waals surface area contributed by atoms with Crippen LogP contribution in [0.3, 0.4) is 0 Å². The smallest absolute Gasteiger partial charge is 0.212 e. The second kappa shape index (κ2) is 4.92. The van der Waals surface area contributed by atoms with E-state index in [1.807, 2.05) is 0 Å². The first-order chi connectivity index (χ1) is 7.79. The number of hydrogen-bond donors (Lipinski definition) is 1. The molecular formula is C9H5FN4S2. The van der Waals surface area contributed by atoms with Crippen molar-refractivity contribution < 1.29 is 4.39 Å². The Bertz CT molecular complexity index is 521. The van der Waals surface area contributed by atoms with Gasteiger partial charge in [-0.25, -0.2) is 9.37 Å². The molecule has 0 aliphatic rings. The maximum Gasteiger partial charge on any atom is 0.212 e. The lowest BCUT2D eigenvalue weighted by Gasteiger charge is -2.01. The number of rotatable bonds is 3. The van der Waals surface area contributed by atoms with E-state index >= 15 is 0 Å². The van der Waals surface area contributed by atoms with Crippen LogP contribution in [0.5, 0.6) is 0 Å². The quantitative estimate of drug-likeness (QED) is 0.851. The molecule has 80 valence electrons. The number of nitriles is 1. The van der Waals surface area contributed by atoms with Gasteiger partial charge in [-0.15, -0.1) is 0 Å². The van der Waals surface area contributed by atoms with Gasteiger partial charge in [-0.2, -0.15) is 9.64 Å². The predicted octanol–water partition coefficient (Wildman–Crippen LogP) is 2.67. The van der Waals surface area contributed by atoms with Crippen LogP contribution in [0, 0.1) is 17.1 Å². The Hall–Kier alpha value is -1.65. The lowest BCUT2D eigenvalue weighted by atomic mass is 10.2. The molecule has 2 aromatic rings. The van der Waals surface area contributed by atoms with Crippen molar-refractivity contribution in [3.8, 4) is 6.07 Å². The minimum atomic E-state index is -0.511. The molecule has 0 aliphatic carbocycles. The van der Waals surface area contributed by atoms with Gasteiger partial charge < -0.3 is 4.72 Å². The van der Waals surface area contributed by atoms with E-state index in [0.29, 0.717) is 5.13 Å². The van der Waals surface area contributed by atoms with Crippen LogP contribution in [0.25, 0.3) is 0 Å². The van der Waals surface area contributed by atoms with Gasteiger partial charge in [-0.3, -0.25) is 0 Å². The molecule has 0 spiro atoms. The van der Waals surface area contributed by atoms with E-state index in [4.69, 9.17) is 5.26 Å². The van der Waals surface area contributed by atoms with Crippen molar-refractivity contribution in [2.24, 2.45) is 0 Å². The van der Waals surface area contributed by atoms with Gasteiger partial charge in [0.25, 0.3) is 0 Å². The SMILES string of the molecule is N#Cc1cc(SNc2ncns2)ccc1F. The van der Waals surface area contributed by atoms with Gasteiger partial charge in [0.2, 0.25) is 5.13 Å². The van der Waals surface area contributed by atoms with Crippen LogP contribution >= 0.6 is 23.5 Å². The molecule has 0 atom stereocenters. The molecule has 1 heterocycles. The third-order valence-electron chi connectivity index (χ3n) is 1.68. The maximum atomic E-state index is 13.0. The van der Waals surface area contributed by atoms with E-state index < -0.39 is 5.82 Å². The molecule has 1 aromatic heterocycles. The van der Waals surface area contributed by atoms with Crippen molar-refractivity contribution in [3.05, 3.63) is 35.9 Å². The van der Waals surface area contributed by atoms with E-state index in [1.54, 1.807) is 12.1 Å². The van der Waals surface area contributed by atoms with Crippen LogP contribution in [0.4, 0.5) is 9.52 Å². The van der Waals surface area contributed by atoms with Gasteiger partial charge in [-0.1, -0.05) is 0 Å². The molecule has 1 N–H and O–H groups in total. The number of anilines is 1. The fourth-order valence-electron chi connectivity index (χ4n) is 0.974. The number of nitrogens with zero attached hydrogens (tertiary/aromatic N) is 3. The fourth-order valence-corrected chi connectivity index (χ4v) is 2.11. The molecule has 0 amide bonds. The van der Waals surface area contributed by atoms with E-state index in [9.17, 15) is 4.39 Å². The van der Waals surface area contributed by atoms with Crippen LogP contribution in [0.15, 0.2) is 29.4 Å². The molecule has 2 rings (SSSR count). The summed E-state index contributed by atoms with van der Waals surface area (Å²) in [5, 5.41) is 9.32. The highest BCUT2D eigenvalue weighted by molar-refractivity contribution is 8.00. The van der Waals surface area contributed by atoms with E-state index in [-0.39, 0.29) is 5.56 Å². The molecular weight excluding hydrogens is 247 g/mol. The summed E-state index contributed by atoms with van der Waals surface area (Å²) in [6, 6.07) is 6.13. The van der Waals surface area contributed by atoms with Crippen LogP contribution in [-0.2, 0) is 0 Å². The Morgan fingerprint density at radius 2 is 2.38 bits per heavy atom. The molecule has 0 saturated heterocycles. The molecule has 0 bridgehead atoms. The Balaban J connectivity index is 2.08. The third-order valence-corrected chi connectivity index (χ3v) is 3.17. The molecule has 0 unspecified atom stereocenters. The van der Waals surface area contributed by atoms with Crippen molar-refractivity contribution in [1.82, 2.24) is 9.36 Å². The Morgan fingerprint density at radius 3 is 3.06 bits per heavy atom.